The van der Waals surface area contributed by atoms with E-state index in [2.05, 4.69) is 19.5 Å². The van der Waals surface area contributed by atoms with Gasteiger partial charge in [-0.25, -0.2) is 18.6 Å². The van der Waals surface area contributed by atoms with Gasteiger partial charge in [-0.1, -0.05) is 32.9 Å². The third-order valence-corrected chi connectivity index (χ3v) is 6.52. The number of benzene rings is 1. The molecular formula is C21H22FN5OS. The largest absolute Gasteiger partial charge is 0.261 e. The van der Waals surface area contributed by atoms with Crippen LogP contribution >= 0.6 is 0 Å². The van der Waals surface area contributed by atoms with Gasteiger partial charge in [-0.15, -0.1) is 0 Å². The summed E-state index contributed by atoms with van der Waals surface area (Å²) in [5.74, 6) is 0.551. The van der Waals surface area contributed by atoms with E-state index in [0.717, 1.165) is 27.6 Å². The van der Waals surface area contributed by atoms with Crippen LogP contribution in [0.25, 0.3) is 33.1 Å². The van der Waals surface area contributed by atoms with Gasteiger partial charge in [0.1, 0.15) is 11.3 Å². The third-order valence-electron chi connectivity index (χ3n) is 4.88. The molecule has 0 fully saturated rings. The van der Waals surface area contributed by atoms with Crippen LogP contribution in [0.3, 0.4) is 0 Å². The molecule has 0 aliphatic carbocycles. The minimum atomic E-state index is -2.43. The van der Waals surface area contributed by atoms with Gasteiger partial charge < -0.3 is 0 Å². The summed E-state index contributed by atoms with van der Waals surface area (Å²) in [6.45, 7) is 5.92. The molecule has 8 heteroatoms. The maximum absolute atomic E-state index is 13.5. The van der Waals surface area contributed by atoms with Gasteiger partial charge in [0.05, 0.1) is 21.6 Å². The molecule has 150 valence electrons. The maximum atomic E-state index is 13.5. The molecule has 6 nitrogen and oxygen atoms in total. The molecule has 0 radical (unpaired) electrons. The monoisotopic (exact) mass is 411 g/mol. The molecule has 29 heavy (non-hydrogen) atoms. The summed E-state index contributed by atoms with van der Waals surface area (Å²) in [7, 11) is -2.43. The number of nitrogens with zero attached hydrogens (tertiary/aromatic N) is 4. The zero-order valence-electron chi connectivity index (χ0n) is 16.7. The van der Waals surface area contributed by atoms with Crippen LogP contribution < -0.4 is 0 Å². The zero-order valence-corrected chi connectivity index (χ0v) is 17.5. The lowest BCUT2D eigenvalue weighted by molar-refractivity contribution is 0.628. The number of hydrogen-bond donors (Lipinski definition) is 1. The summed E-state index contributed by atoms with van der Waals surface area (Å²) in [5, 5.41) is 8.62. The second-order valence-electron chi connectivity index (χ2n) is 7.39. The summed E-state index contributed by atoms with van der Waals surface area (Å²) in [4.78, 5) is 9.47. The van der Waals surface area contributed by atoms with Crippen molar-refractivity contribution in [2.75, 3.05) is 12.0 Å². The summed E-state index contributed by atoms with van der Waals surface area (Å²) in [6.07, 6.45) is 3.33. The van der Waals surface area contributed by atoms with Crippen LogP contribution in [0.4, 0.5) is 10.2 Å². The van der Waals surface area contributed by atoms with Crippen LogP contribution in [0.5, 0.6) is 0 Å². The van der Waals surface area contributed by atoms with E-state index in [1.54, 1.807) is 24.6 Å². The summed E-state index contributed by atoms with van der Waals surface area (Å²) < 4.78 is 30.8. The molecule has 1 unspecified atom stereocenters. The lowest BCUT2D eigenvalue weighted by Crippen LogP contribution is -2.03. The van der Waals surface area contributed by atoms with Crippen molar-refractivity contribution in [3.63, 3.8) is 0 Å². The summed E-state index contributed by atoms with van der Waals surface area (Å²) >= 11 is 0. The van der Waals surface area contributed by atoms with Gasteiger partial charge >= 0.3 is 0 Å². The molecule has 1 N–H and O–H groups in total. The Hall–Kier alpha value is -2.87. The molecule has 3 heterocycles. The molecule has 4 aromatic rings. The Balaban J connectivity index is 2.19. The molecule has 0 bridgehead atoms. The van der Waals surface area contributed by atoms with Crippen molar-refractivity contribution in [1.82, 2.24) is 20.2 Å². The number of fused-ring (bicyclic) bond motifs is 2. The van der Waals surface area contributed by atoms with Crippen LogP contribution in [-0.4, -0.2) is 36.4 Å². The predicted octanol–water partition coefficient (Wildman–Crippen LogP) is 5.18. The molecule has 1 atom stereocenters. The van der Waals surface area contributed by atoms with Crippen molar-refractivity contribution in [3.05, 3.63) is 48.0 Å². The Kier molecular flexibility index (Phi) is 4.82. The van der Waals surface area contributed by atoms with Crippen molar-refractivity contribution in [1.29, 1.82) is 0 Å². The maximum Gasteiger partial charge on any atom is 0.188 e. The Morgan fingerprint density at radius 2 is 1.93 bits per heavy atom. The molecule has 3 aromatic heterocycles. The normalized spacial score (nSPS) is 13.9. The molecule has 0 aliphatic heterocycles. The van der Waals surface area contributed by atoms with Gasteiger partial charge in [-0.3, -0.25) is 5.10 Å². The van der Waals surface area contributed by atoms with Crippen molar-refractivity contribution >= 4 is 37.5 Å². The molecular weight excluding hydrogens is 389 g/mol. The lowest BCUT2D eigenvalue weighted by Gasteiger charge is -2.17. The topological polar surface area (TPSA) is 83.9 Å². The smallest absolute Gasteiger partial charge is 0.188 e. The SMILES string of the molecule is CCS(C)(=O)=Nc1nc(C(C)C)c(-c2ccc(F)cc2)c2cc3cn[nH]c3nc12. The first kappa shape index (κ1) is 19.4. The van der Waals surface area contributed by atoms with E-state index in [4.69, 9.17) is 4.98 Å². The fraction of sp³-hybridized carbons (Fsp3) is 0.286. The summed E-state index contributed by atoms with van der Waals surface area (Å²) in [6, 6.07) is 8.33. The number of rotatable bonds is 4. The first-order valence-electron chi connectivity index (χ1n) is 9.42. The Morgan fingerprint density at radius 1 is 1.21 bits per heavy atom. The average Bonchev–Trinajstić information content (AvgIpc) is 3.14. The second kappa shape index (κ2) is 7.18. The van der Waals surface area contributed by atoms with E-state index in [1.165, 1.54) is 12.1 Å². The van der Waals surface area contributed by atoms with Crippen molar-refractivity contribution in [2.45, 2.75) is 26.7 Å². The van der Waals surface area contributed by atoms with E-state index >= 15 is 0 Å². The van der Waals surface area contributed by atoms with Crippen LogP contribution in [0.1, 0.15) is 32.4 Å². The average molecular weight is 412 g/mol. The number of aromatic nitrogens is 4. The summed E-state index contributed by atoms with van der Waals surface area (Å²) in [5.41, 5.74) is 3.68. The van der Waals surface area contributed by atoms with E-state index < -0.39 is 9.73 Å². The fourth-order valence-corrected chi connectivity index (χ4v) is 3.87. The van der Waals surface area contributed by atoms with Crippen LogP contribution in [0.15, 0.2) is 40.9 Å². The van der Waals surface area contributed by atoms with Crippen LogP contribution in [0, 0.1) is 5.82 Å². The van der Waals surface area contributed by atoms with Gasteiger partial charge in [0, 0.05) is 28.3 Å². The first-order valence-corrected chi connectivity index (χ1v) is 11.5. The standard InChI is InChI=1S/C21H22FN5OS/c1-5-29(4,28)27-21-19-16(10-14-11-23-26-20(14)25-19)17(18(24-21)12(2)3)13-6-8-15(22)9-7-13/h6-12H,5H2,1-4H3,(H,23,25,26). The lowest BCUT2D eigenvalue weighted by atomic mass is 9.93. The van der Waals surface area contributed by atoms with Gasteiger partial charge in [0.15, 0.2) is 11.5 Å². The highest BCUT2D eigenvalue weighted by molar-refractivity contribution is 7.93. The highest BCUT2D eigenvalue weighted by Gasteiger charge is 2.20. The number of nitrogens with one attached hydrogen (secondary N) is 1. The number of pyridine rings is 2. The number of hydrogen-bond acceptors (Lipinski definition) is 5. The first-order chi connectivity index (χ1) is 13.8. The van der Waals surface area contributed by atoms with E-state index in [0.29, 0.717) is 22.7 Å². The van der Waals surface area contributed by atoms with Crippen molar-refractivity contribution < 1.29 is 8.60 Å². The zero-order chi connectivity index (χ0) is 20.8. The van der Waals surface area contributed by atoms with E-state index in [-0.39, 0.29) is 11.7 Å². The predicted molar refractivity (Wildman–Crippen MR) is 115 cm³/mol. The number of aromatic amines is 1. The number of H-pyrrole nitrogens is 1. The van der Waals surface area contributed by atoms with Gasteiger partial charge in [-0.2, -0.15) is 9.46 Å². The minimum absolute atomic E-state index is 0.0722. The van der Waals surface area contributed by atoms with E-state index in [9.17, 15) is 8.60 Å². The highest BCUT2D eigenvalue weighted by atomic mass is 32.2. The Labute approximate surface area is 168 Å². The van der Waals surface area contributed by atoms with Gasteiger partial charge in [-0.05, 0) is 29.7 Å². The van der Waals surface area contributed by atoms with E-state index in [1.807, 2.05) is 26.8 Å². The molecule has 0 spiro atoms. The molecule has 0 aliphatic rings. The molecule has 0 amide bonds. The Bertz CT molecular complexity index is 1330. The quantitative estimate of drug-likeness (QED) is 0.501. The second-order valence-corrected chi connectivity index (χ2v) is 10.1. The highest BCUT2D eigenvalue weighted by Crippen LogP contribution is 2.39. The molecule has 0 saturated heterocycles. The van der Waals surface area contributed by atoms with Crippen molar-refractivity contribution in [3.8, 4) is 11.1 Å². The minimum Gasteiger partial charge on any atom is -0.261 e. The van der Waals surface area contributed by atoms with Crippen LogP contribution in [0.2, 0.25) is 0 Å². The van der Waals surface area contributed by atoms with Crippen molar-refractivity contribution in [2.24, 2.45) is 4.36 Å². The van der Waals surface area contributed by atoms with Crippen LogP contribution in [-0.2, 0) is 9.73 Å². The number of halogens is 1. The van der Waals surface area contributed by atoms with Gasteiger partial charge in [0.25, 0.3) is 0 Å². The van der Waals surface area contributed by atoms with Gasteiger partial charge in [0.2, 0.25) is 0 Å². The fourth-order valence-electron chi connectivity index (χ4n) is 3.25. The molecule has 0 saturated carbocycles. The third kappa shape index (κ3) is 3.60. The Morgan fingerprint density at radius 3 is 2.59 bits per heavy atom. The molecule has 4 rings (SSSR count). The molecule has 1 aromatic carbocycles.